The molecule has 0 bridgehead atoms. The first-order chi connectivity index (χ1) is 15.7. The highest BCUT2D eigenvalue weighted by Gasteiger charge is 2.13. The molecule has 1 N–H and O–H groups in total. The summed E-state index contributed by atoms with van der Waals surface area (Å²) in [6.45, 7) is 2.32. The second-order valence-corrected chi connectivity index (χ2v) is 7.42. The fourth-order valence-corrected chi connectivity index (χ4v) is 3.47. The molecule has 1 amide bonds. The first kappa shape index (κ1) is 21.4. The molecule has 1 saturated heterocycles. The molecule has 0 atom stereocenters. The van der Waals surface area contributed by atoms with E-state index in [1.807, 2.05) is 12.1 Å². The van der Waals surface area contributed by atoms with Gasteiger partial charge in [-0.15, -0.1) is 0 Å². The van der Waals surface area contributed by atoms with Gasteiger partial charge in [0.2, 0.25) is 11.8 Å². The number of nitrogens with zero attached hydrogens (tertiary/aromatic N) is 6. The maximum atomic E-state index is 12.3. The molecule has 4 rings (SSSR count). The Bertz CT molecular complexity index is 1100. The van der Waals surface area contributed by atoms with Crippen LogP contribution in [0.1, 0.15) is 19.3 Å². The van der Waals surface area contributed by atoms with Crippen LogP contribution in [0.3, 0.4) is 0 Å². The first-order valence-corrected chi connectivity index (χ1v) is 10.6. The average Bonchev–Trinajstić information content (AvgIpc) is 2.84. The third-order valence-electron chi connectivity index (χ3n) is 5.10. The molecule has 0 spiro atoms. The van der Waals surface area contributed by atoms with Gasteiger partial charge in [0.25, 0.3) is 5.56 Å². The van der Waals surface area contributed by atoms with Crippen molar-refractivity contribution < 1.29 is 9.53 Å². The van der Waals surface area contributed by atoms with Gasteiger partial charge in [0, 0.05) is 43.2 Å². The van der Waals surface area contributed by atoms with Crippen LogP contribution >= 0.6 is 0 Å². The zero-order valence-electron chi connectivity index (χ0n) is 17.7. The summed E-state index contributed by atoms with van der Waals surface area (Å²) in [5.41, 5.74) is 0.987. The molecular weight excluding hydrogens is 410 g/mol. The summed E-state index contributed by atoms with van der Waals surface area (Å²) in [4.78, 5) is 39.1. The average molecular weight is 435 g/mol. The van der Waals surface area contributed by atoms with Crippen LogP contribution in [0.5, 0.6) is 5.88 Å². The van der Waals surface area contributed by atoms with E-state index < -0.39 is 0 Å². The number of hydrogen-bond acceptors (Lipinski definition) is 8. The lowest BCUT2D eigenvalue weighted by Gasteiger charge is -2.27. The largest absolute Gasteiger partial charge is 0.476 e. The number of hydrogen-bond donors (Lipinski definition) is 1. The fraction of sp³-hybridized carbons (Fsp3) is 0.364. The molecule has 32 heavy (non-hydrogen) atoms. The molecule has 0 unspecified atom stereocenters. The molecule has 1 aliphatic rings. The molecule has 166 valence electrons. The van der Waals surface area contributed by atoms with Gasteiger partial charge in [-0.05, 0) is 37.5 Å². The quantitative estimate of drug-likeness (QED) is 0.526. The van der Waals surface area contributed by atoms with E-state index in [1.165, 1.54) is 18.8 Å². The van der Waals surface area contributed by atoms with Gasteiger partial charge in [-0.3, -0.25) is 14.6 Å². The van der Waals surface area contributed by atoms with E-state index in [9.17, 15) is 9.59 Å². The molecule has 1 fully saturated rings. The van der Waals surface area contributed by atoms with Crippen molar-refractivity contribution in [3.63, 3.8) is 0 Å². The number of carbonyl (C=O) groups is 1. The Kier molecular flexibility index (Phi) is 7.01. The Hall–Kier alpha value is -3.82. The van der Waals surface area contributed by atoms with E-state index in [0.29, 0.717) is 11.6 Å². The summed E-state index contributed by atoms with van der Waals surface area (Å²) in [6.07, 6.45) is 8.37. The Morgan fingerprint density at radius 2 is 2.00 bits per heavy atom. The minimum atomic E-state index is -0.352. The third-order valence-corrected chi connectivity index (χ3v) is 5.10. The number of ether oxygens (including phenoxy) is 1. The predicted molar refractivity (Wildman–Crippen MR) is 118 cm³/mol. The number of carbonyl (C=O) groups excluding carboxylic acids is 1. The summed E-state index contributed by atoms with van der Waals surface area (Å²) in [5.74, 6) is 0.998. The zero-order valence-corrected chi connectivity index (χ0v) is 17.7. The zero-order chi connectivity index (χ0) is 22.2. The van der Waals surface area contributed by atoms with Gasteiger partial charge in [-0.25, -0.2) is 14.6 Å². The molecular formula is C22H25N7O3. The highest BCUT2D eigenvalue weighted by Crippen LogP contribution is 2.20. The highest BCUT2D eigenvalue weighted by atomic mass is 16.5. The van der Waals surface area contributed by atoms with E-state index in [2.05, 4.69) is 30.3 Å². The summed E-state index contributed by atoms with van der Waals surface area (Å²) in [6, 6.07) is 8.44. The second kappa shape index (κ2) is 10.5. The number of aromatic nitrogens is 5. The van der Waals surface area contributed by atoms with Crippen molar-refractivity contribution >= 4 is 11.7 Å². The van der Waals surface area contributed by atoms with Crippen molar-refractivity contribution in [3.8, 4) is 17.1 Å². The van der Waals surface area contributed by atoms with Crippen LogP contribution in [-0.4, -0.2) is 56.9 Å². The fourth-order valence-electron chi connectivity index (χ4n) is 3.47. The summed E-state index contributed by atoms with van der Waals surface area (Å²) in [7, 11) is 0. The second-order valence-electron chi connectivity index (χ2n) is 7.42. The Morgan fingerprint density at radius 3 is 2.81 bits per heavy atom. The number of nitrogens with one attached hydrogen (secondary N) is 1. The van der Waals surface area contributed by atoms with Crippen LogP contribution in [0.15, 0.2) is 53.8 Å². The number of rotatable bonds is 8. The van der Waals surface area contributed by atoms with Crippen molar-refractivity contribution in [1.29, 1.82) is 0 Å². The number of anilines is 1. The summed E-state index contributed by atoms with van der Waals surface area (Å²) in [5, 5.41) is 7.00. The Labute approximate surface area is 185 Å². The van der Waals surface area contributed by atoms with Gasteiger partial charge in [-0.1, -0.05) is 0 Å². The first-order valence-electron chi connectivity index (χ1n) is 10.6. The molecule has 0 saturated carbocycles. The minimum Gasteiger partial charge on any atom is -0.476 e. The Morgan fingerprint density at radius 1 is 1.12 bits per heavy atom. The van der Waals surface area contributed by atoms with E-state index >= 15 is 0 Å². The van der Waals surface area contributed by atoms with Crippen LogP contribution in [0.4, 0.5) is 5.82 Å². The van der Waals surface area contributed by atoms with E-state index in [-0.39, 0.29) is 31.2 Å². The van der Waals surface area contributed by atoms with Gasteiger partial charge in [0.05, 0.1) is 12.2 Å². The minimum absolute atomic E-state index is 0.181. The Balaban J connectivity index is 1.27. The standard InChI is InChI=1S/C22H25N7O3/c30-20(15-29-22(31)7-6-18(27-29)17-5-4-8-23-14-17)24-9-12-32-21-13-19(25-16-26-21)28-10-2-1-3-11-28/h4-8,13-14,16H,1-3,9-12,15H2,(H,24,30). The van der Waals surface area contributed by atoms with Gasteiger partial charge in [0.1, 0.15) is 25.3 Å². The lowest BCUT2D eigenvalue weighted by atomic mass is 10.1. The SMILES string of the molecule is O=C(Cn1nc(-c2cccnc2)ccc1=O)NCCOc1cc(N2CCCCC2)ncn1. The van der Waals surface area contributed by atoms with Crippen molar-refractivity contribution in [2.75, 3.05) is 31.1 Å². The molecule has 10 heteroatoms. The van der Waals surface area contributed by atoms with Crippen LogP contribution < -0.4 is 20.5 Å². The van der Waals surface area contributed by atoms with Crippen molar-refractivity contribution in [2.45, 2.75) is 25.8 Å². The maximum absolute atomic E-state index is 12.3. The third kappa shape index (κ3) is 5.65. The summed E-state index contributed by atoms with van der Waals surface area (Å²) < 4.78 is 6.79. The van der Waals surface area contributed by atoms with E-state index in [1.54, 1.807) is 24.5 Å². The van der Waals surface area contributed by atoms with Gasteiger partial charge >= 0.3 is 0 Å². The number of pyridine rings is 1. The van der Waals surface area contributed by atoms with Crippen LogP contribution in [0, 0.1) is 0 Å². The van der Waals surface area contributed by atoms with Crippen LogP contribution in [-0.2, 0) is 11.3 Å². The molecule has 0 radical (unpaired) electrons. The number of piperidine rings is 1. The van der Waals surface area contributed by atoms with E-state index in [4.69, 9.17) is 4.74 Å². The van der Waals surface area contributed by atoms with Crippen LogP contribution in [0.25, 0.3) is 11.3 Å². The summed E-state index contributed by atoms with van der Waals surface area (Å²) >= 11 is 0. The molecule has 3 aromatic rings. The monoisotopic (exact) mass is 435 g/mol. The molecule has 0 aromatic carbocycles. The smallest absolute Gasteiger partial charge is 0.267 e. The maximum Gasteiger partial charge on any atom is 0.267 e. The van der Waals surface area contributed by atoms with Crippen molar-refractivity contribution in [1.82, 2.24) is 30.0 Å². The molecule has 3 aromatic heterocycles. The highest BCUT2D eigenvalue weighted by molar-refractivity contribution is 5.75. The molecule has 10 nitrogen and oxygen atoms in total. The van der Waals surface area contributed by atoms with Crippen molar-refractivity contribution in [2.24, 2.45) is 0 Å². The van der Waals surface area contributed by atoms with Gasteiger partial charge in [-0.2, -0.15) is 5.10 Å². The lowest BCUT2D eigenvalue weighted by molar-refractivity contribution is -0.122. The van der Waals surface area contributed by atoms with E-state index in [0.717, 1.165) is 42.0 Å². The van der Waals surface area contributed by atoms with Gasteiger partial charge < -0.3 is 15.0 Å². The molecule has 0 aliphatic carbocycles. The molecule has 1 aliphatic heterocycles. The predicted octanol–water partition coefficient (Wildman–Crippen LogP) is 1.28. The number of amides is 1. The van der Waals surface area contributed by atoms with Crippen molar-refractivity contribution in [3.05, 3.63) is 59.4 Å². The lowest BCUT2D eigenvalue weighted by Crippen LogP contribution is -2.35. The normalized spacial score (nSPS) is 13.6. The van der Waals surface area contributed by atoms with Gasteiger partial charge in [0.15, 0.2) is 0 Å². The van der Waals surface area contributed by atoms with Crippen LogP contribution in [0.2, 0.25) is 0 Å². The molecule has 4 heterocycles. The topological polar surface area (TPSA) is 115 Å².